The SMILES string of the molecule is CCN(CC)S(=O)(=O)c1ccc(N2CCOCC2)c(NC(=O)C=Cc2cccc(OC)c2)c1. The lowest BCUT2D eigenvalue weighted by atomic mass is 10.2. The Balaban J connectivity index is 1.91. The summed E-state index contributed by atoms with van der Waals surface area (Å²) in [6, 6.07) is 12.2. The molecule has 0 aliphatic carbocycles. The van der Waals surface area contributed by atoms with Crippen molar-refractivity contribution in [2.24, 2.45) is 0 Å². The van der Waals surface area contributed by atoms with Crippen LogP contribution in [0.2, 0.25) is 0 Å². The van der Waals surface area contributed by atoms with E-state index in [1.54, 1.807) is 39.2 Å². The number of benzene rings is 2. The molecule has 2 aromatic carbocycles. The first kappa shape index (κ1) is 24.8. The number of sulfonamides is 1. The second-order valence-corrected chi connectivity index (χ2v) is 9.40. The molecule has 0 unspecified atom stereocenters. The fraction of sp³-hybridized carbons (Fsp3) is 0.375. The lowest BCUT2D eigenvalue weighted by molar-refractivity contribution is -0.111. The van der Waals surface area contributed by atoms with Gasteiger partial charge >= 0.3 is 0 Å². The molecule has 8 nitrogen and oxygen atoms in total. The van der Waals surface area contributed by atoms with Crippen LogP contribution in [0.3, 0.4) is 0 Å². The number of nitrogens with one attached hydrogen (secondary N) is 1. The van der Waals surface area contributed by atoms with Crippen LogP contribution in [0.5, 0.6) is 5.75 Å². The molecule has 1 amide bonds. The number of amides is 1. The smallest absolute Gasteiger partial charge is 0.248 e. The topological polar surface area (TPSA) is 88.2 Å². The molecule has 178 valence electrons. The van der Waals surface area contributed by atoms with Gasteiger partial charge in [-0.25, -0.2) is 8.42 Å². The molecule has 1 fully saturated rings. The highest BCUT2D eigenvalue weighted by Gasteiger charge is 2.24. The van der Waals surface area contributed by atoms with Crippen molar-refractivity contribution in [2.75, 3.05) is 56.7 Å². The lowest BCUT2D eigenvalue weighted by Crippen LogP contribution is -2.37. The highest BCUT2D eigenvalue weighted by atomic mass is 32.2. The van der Waals surface area contributed by atoms with E-state index in [4.69, 9.17) is 9.47 Å². The first-order valence-corrected chi connectivity index (χ1v) is 12.4. The van der Waals surface area contributed by atoms with E-state index in [-0.39, 0.29) is 10.8 Å². The van der Waals surface area contributed by atoms with Crippen LogP contribution in [0.25, 0.3) is 6.08 Å². The highest BCUT2D eigenvalue weighted by Crippen LogP contribution is 2.31. The van der Waals surface area contributed by atoms with Gasteiger partial charge in [-0.05, 0) is 42.0 Å². The van der Waals surface area contributed by atoms with Crippen molar-refractivity contribution >= 4 is 33.4 Å². The monoisotopic (exact) mass is 473 g/mol. The van der Waals surface area contributed by atoms with Crippen molar-refractivity contribution in [3.05, 3.63) is 54.1 Å². The third kappa shape index (κ3) is 6.13. The molecular weight excluding hydrogens is 442 g/mol. The van der Waals surface area contributed by atoms with Crippen LogP contribution >= 0.6 is 0 Å². The van der Waals surface area contributed by atoms with Crippen molar-refractivity contribution in [3.63, 3.8) is 0 Å². The van der Waals surface area contributed by atoms with Gasteiger partial charge in [0.05, 0.1) is 36.6 Å². The van der Waals surface area contributed by atoms with Crippen LogP contribution in [-0.2, 0) is 19.6 Å². The zero-order valence-electron chi connectivity index (χ0n) is 19.3. The highest BCUT2D eigenvalue weighted by molar-refractivity contribution is 7.89. The van der Waals surface area contributed by atoms with E-state index in [9.17, 15) is 13.2 Å². The zero-order chi connectivity index (χ0) is 23.8. The lowest BCUT2D eigenvalue weighted by Gasteiger charge is -2.31. The molecule has 3 rings (SSSR count). The van der Waals surface area contributed by atoms with E-state index in [1.165, 1.54) is 16.4 Å². The zero-order valence-corrected chi connectivity index (χ0v) is 20.1. The van der Waals surface area contributed by atoms with Gasteiger partial charge in [0.1, 0.15) is 5.75 Å². The maximum Gasteiger partial charge on any atom is 0.248 e. The fourth-order valence-corrected chi connectivity index (χ4v) is 5.14. The number of methoxy groups -OCH3 is 1. The van der Waals surface area contributed by atoms with Crippen LogP contribution in [0.4, 0.5) is 11.4 Å². The minimum atomic E-state index is -3.66. The minimum Gasteiger partial charge on any atom is -0.497 e. The average Bonchev–Trinajstić information content (AvgIpc) is 2.84. The molecule has 0 bridgehead atoms. The van der Waals surface area contributed by atoms with Gasteiger partial charge in [-0.15, -0.1) is 0 Å². The Hall–Kier alpha value is -2.88. The van der Waals surface area contributed by atoms with Gasteiger partial charge in [0, 0.05) is 32.3 Å². The van der Waals surface area contributed by atoms with E-state index in [0.29, 0.717) is 50.8 Å². The fourth-order valence-electron chi connectivity index (χ4n) is 3.66. The Kier molecular flexibility index (Phi) is 8.49. The Morgan fingerprint density at radius 2 is 1.88 bits per heavy atom. The molecule has 0 saturated carbocycles. The van der Waals surface area contributed by atoms with Crippen molar-refractivity contribution < 1.29 is 22.7 Å². The largest absolute Gasteiger partial charge is 0.497 e. The van der Waals surface area contributed by atoms with Gasteiger partial charge in [-0.2, -0.15) is 4.31 Å². The third-order valence-electron chi connectivity index (χ3n) is 5.44. The van der Waals surface area contributed by atoms with Crippen LogP contribution in [0, 0.1) is 0 Å². The van der Waals surface area contributed by atoms with E-state index >= 15 is 0 Å². The molecule has 0 aromatic heterocycles. The molecule has 1 heterocycles. The molecule has 33 heavy (non-hydrogen) atoms. The summed E-state index contributed by atoms with van der Waals surface area (Å²) in [5.74, 6) is 0.339. The van der Waals surface area contributed by atoms with Crippen LogP contribution in [0.1, 0.15) is 19.4 Å². The van der Waals surface area contributed by atoms with Crippen molar-refractivity contribution in [3.8, 4) is 5.75 Å². The Morgan fingerprint density at radius 1 is 1.15 bits per heavy atom. The van der Waals surface area contributed by atoms with Gasteiger partial charge in [-0.1, -0.05) is 26.0 Å². The number of rotatable bonds is 9. The number of nitrogens with zero attached hydrogens (tertiary/aromatic N) is 2. The number of hydrogen-bond donors (Lipinski definition) is 1. The standard InChI is InChI=1S/C24H31N3O5S/c1-4-27(5-2)33(29,30)21-10-11-23(26-13-15-32-16-14-26)22(18-21)25-24(28)12-9-19-7-6-8-20(17-19)31-3/h6-12,17-18H,4-5,13-16H2,1-3H3,(H,25,28). The number of carbonyl (C=O) groups excluding carboxylic acids is 1. The summed E-state index contributed by atoms with van der Waals surface area (Å²) >= 11 is 0. The van der Waals surface area contributed by atoms with Crippen molar-refractivity contribution in [1.82, 2.24) is 4.31 Å². The molecule has 0 atom stereocenters. The number of anilines is 2. The van der Waals surface area contributed by atoms with Crippen LogP contribution in [0.15, 0.2) is 53.4 Å². The summed E-state index contributed by atoms with van der Waals surface area (Å²) in [6.07, 6.45) is 3.10. The Morgan fingerprint density at radius 3 is 2.55 bits per heavy atom. The van der Waals surface area contributed by atoms with Crippen molar-refractivity contribution in [2.45, 2.75) is 18.7 Å². The van der Waals surface area contributed by atoms with E-state index in [2.05, 4.69) is 10.2 Å². The van der Waals surface area contributed by atoms with E-state index < -0.39 is 10.0 Å². The molecule has 1 aliphatic heterocycles. The van der Waals surface area contributed by atoms with Gasteiger partial charge < -0.3 is 19.7 Å². The molecule has 0 spiro atoms. The van der Waals surface area contributed by atoms with Crippen LogP contribution in [-0.4, -0.2) is 65.1 Å². The maximum atomic E-state index is 13.0. The van der Waals surface area contributed by atoms with E-state index in [0.717, 1.165) is 11.3 Å². The molecule has 1 aliphatic rings. The predicted octanol–water partition coefficient (Wildman–Crippen LogP) is 3.21. The maximum absolute atomic E-state index is 13.0. The Labute approximate surface area is 195 Å². The molecule has 2 aromatic rings. The summed E-state index contributed by atoms with van der Waals surface area (Å²) in [6.45, 7) is 6.80. The second kappa shape index (κ2) is 11.3. The van der Waals surface area contributed by atoms with Crippen LogP contribution < -0.4 is 15.0 Å². The Bertz CT molecular complexity index is 1090. The number of morpholine rings is 1. The summed E-state index contributed by atoms with van der Waals surface area (Å²) < 4.78 is 38.1. The molecular formula is C24H31N3O5S. The summed E-state index contributed by atoms with van der Waals surface area (Å²) in [5.41, 5.74) is 2.03. The first-order chi connectivity index (χ1) is 15.9. The van der Waals surface area contributed by atoms with Crippen molar-refractivity contribution in [1.29, 1.82) is 0 Å². The molecule has 9 heteroatoms. The third-order valence-corrected chi connectivity index (χ3v) is 7.49. The summed E-state index contributed by atoms with van der Waals surface area (Å²) in [4.78, 5) is 15.0. The minimum absolute atomic E-state index is 0.148. The number of hydrogen-bond acceptors (Lipinski definition) is 6. The molecule has 0 radical (unpaired) electrons. The molecule has 1 N–H and O–H groups in total. The van der Waals surface area contributed by atoms with Gasteiger partial charge in [0.25, 0.3) is 0 Å². The summed E-state index contributed by atoms with van der Waals surface area (Å²) in [5, 5.41) is 2.87. The average molecular weight is 474 g/mol. The number of carbonyl (C=O) groups is 1. The van der Waals surface area contributed by atoms with E-state index in [1.807, 2.05) is 24.3 Å². The van der Waals surface area contributed by atoms with Gasteiger partial charge in [0.15, 0.2) is 0 Å². The van der Waals surface area contributed by atoms with Gasteiger partial charge in [-0.3, -0.25) is 4.79 Å². The molecule has 1 saturated heterocycles. The number of ether oxygens (including phenoxy) is 2. The quantitative estimate of drug-likeness (QED) is 0.563. The predicted molar refractivity (Wildman–Crippen MR) is 130 cm³/mol. The second-order valence-electron chi connectivity index (χ2n) is 7.47. The normalized spacial score (nSPS) is 14.6. The first-order valence-electron chi connectivity index (χ1n) is 11.0. The summed E-state index contributed by atoms with van der Waals surface area (Å²) in [7, 11) is -2.08. The van der Waals surface area contributed by atoms with Gasteiger partial charge in [0.2, 0.25) is 15.9 Å².